The molecule has 1 aromatic heterocycles. The summed E-state index contributed by atoms with van der Waals surface area (Å²) < 4.78 is 7.93. The second kappa shape index (κ2) is 5.00. The third-order valence-corrected chi connectivity index (χ3v) is 3.46. The molecule has 2 rings (SSSR count). The third-order valence-electron chi connectivity index (χ3n) is 2.57. The van der Waals surface area contributed by atoms with Crippen LogP contribution in [0.2, 0.25) is 5.15 Å². The van der Waals surface area contributed by atoms with Gasteiger partial charge in [0.2, 0.25) is 0 Å². The Morgan fingerprint density at radius 3 is 2.59 bits per heavy atom. The van der Waals surface area contributed by atoms with Gasteiger partial charge in [-0.25, -0.2) is 0 Å². The summed E-state index contributed by atoms with van der Waals surface area (Å²) in [5.41, 5.74) is 0.340. The molecule has 1 aromatic carbocycles. The van der Waals surface area contributed by atoms with Crippen molar-refractivity contribution in [1.82, 2.24) is 8.75 Å². The monoisotopic (exact) mass is 269 g/mol. The zero-order valence-electron chi connectivity index (χ0n) is 9.22. The highest BCUT2D eigenvalue weighted by atomic mass is 35.5. The molecule has 6 heteroatoms. The van der Waals surface area contributed by atoms with Gasteiger partial charge in [0, 0.05) is 0 Å². The topological polar surface area (TPSA) is 58.0 Å². The normalized spacial score (nSPS) is 14.3. The molecule has 1 unspecified atom stereocenters. The largest absolute Gasteiger partial charge is 0.394 e. The minimum absolute atomic E-state index is 0.0646. The molecular weight excluding hydrogens is 258 g/mol. The van der Waals surface area contributed by atoms with Crippen molar-refractivity contribution >= 4 is 29.1 Å². The van der Waals surface area contributed by atoms with Crippen LogP contribution in [-0.2, 0) is 5.54 Å². The lowest BCUT2D eigenvalue weighted by atomic mass is 9.93. The second-order valence-corrected chi connectivity index (χ2v) is 4.77. The molecule has 0 radical (unpaired) electrons. The lowest BCUT2D eigenvalue weighted by molar-refractivity contribution is 0.224. The van der Waals surface area contributed by atoms with E-state index in [1.54, 1.807) is 0 Å². The number of halogens is 1. The van der Waals surface area contributed by atoms with Gasteiger partial charge < -0.3 is 10.4 Å². The quantitative estimate of drug-likeness (QED) is 0.895. The first kappa shape index (κ1) is 12.3. The molecule has 17 heavy (non-hydrogen) atoms. The molecule has 90 valence electrons. The Balaban J connectivity index is 2.30. The summed E-state index contributed by atoms with van der Waals surface area (Å²) in [6, 6.07) is 9.66. The summed E-state index contributed by atoms with van der Waals surface area (Å²) in [6.45, 7) is 1.82. The van der Waals surface area contributed by atoms with Crippen LogP contribution in [-0.4, -0.2) is 20.5 Å². The minimum atomic E-state index is -0.624. The Hall–Kier alpha value is -1.17. The molecule has 0 aliphatic rings. The van der Waals surface area contributed by atoms with Gasteiger partial charge in [-0.05, 0) is 12.5 Å². The molecular formula is C11H12ClN3OS. The van der Waals surface area contributed by atoms with Crippen LogP contribution in [0.3, 0.4) is 0 Å². The highest BCUT2D eigenvalue weighted by Crippen LogP contribution is 2.28. The zero-order chi connectivity index (χ0) is 12.3. The van der Waals surface area contributed by atoms with Gasteiger partial charge in [-0.3, -0.25) is 0 Å². The van der Waals surface area contributed by atoms with Gasteiger partial charge in [0.15, 0.2) is 11.0 Å². The van der Waals surface area contributed by atoms with Gasteiger partial charge in [-0.15, -0.1) is 0 Å². The Kier molecular flexibility index (Phi) is 3.61. The number of aliphatic hydroxyl groups excluding tert-OH is 1. The smallest absolute Gasteiger partial charge is 0.186 e. The molecule has 0 saturated carbocycles. The van der Waals surface area contributed by atoms with E-state index in [9.17, 15) is 5.11 Å². The summed E-state index contributed by atoms with van der Waals surface area (Å²) in [7, 11) is 0. The van der Waals surface area contributed by atoms with Crippen LogP contribution >= 0.6 is 23.3 Å². The van der Waals surface area contributed by atoms with Crippen LogP contribution in [0.15, 0.2) is 30.3 Å². The van der Waals surface area contributed by atoms with E-state index in [1.807, 2.05) is 37.3 Å². The maximum Gasteiger partial charge on any atom is 0.186 e. The molecule has 0 bridgehead atoms. The van der Waals surface area contributed by atoms with E-state index in [1.165, 1.54) is 0 Å². The number of hydrogen-bond acceptors (Lipinski definition) is 5. The predicted molar refractivity (Wildman–Crippen MR) is 69.4 cm³/mol. The summed E-state index contributed by atoms with van der Waals surface area (Å²) >= 11 is 6.92. The summed E-state index contributed by atoms with van der Waals surface area (Å²) in [5, 5.41) is 13.0. The number of aliphatic hydroxyl groups is 1. The van der Waals surface area contributed by atoms with Crippen molar-refractivity contribution in [3.8, 4) is 0 Å². The Labute approximate surface area is 109 Å². The highest BCUT2D eigenvalue weighted by molar-refractivity contribution is 6.99. The fraction of sp³-hybridized carbons (Fsp3) is 0.273. The molecule has 1 atom stereocenters. The Bertz CT molecular complexity index is 490. The Morgan fingerprint density at radius 2 is 2.06 bits per heavy atom. The fourth-order valence-electron chi connectivity index (χ4n) is 1.52. The minimum Gasteiger partial charge on any atom is -0.394 e. The molecule has 2 N–H and O–H groups in total. The van der Waals surface area contributed by atoms with Crippen LogP contribution < -0.4 is 5.32 Å². The number of benzene rings is 1. The number of aromatic nitrogens is 2. The highest BCUT2D eigenvalue weighted by Gasteiger charge is 2.27. The van der Waals surface area contributed by atoms with Crippen molar-refractivity contribution in [1.29, 1.82) is 0 Å². The lowest BCUT2D eigenvalue weighted by Gasteiger charge is -2.29. The van der Waals surface area contributed by atoms with Crippen LogP contribution in [0.5, 0.6) is 0 Å². The van der Waals surface area contributed by atoms with E-state index in [-0.39, 0.29) is 6.61 Å². The maximum absolute atomic E-state index is 9.58. The van der Waals surface area contributed by atoms with E-state index < -0.39 is 5.54 Å². The first-order chi connectivity index (χ1) is 8.15. The van der Waals surface area contributed by atoms with Crippen molar-refractivity contribution in [2.75, 3.05) is 11.9 Å². The van der Waals surface area contributed by atoms with E-state index in [0.717, 1.165) is 17.3 Å². The molecule has 0 saturated heterocycles. The number of nitrogens with one attached hydrogen (secondary N) is 1. The van der Waals surface area contributed by atoms with E-state index in [4.69, 9.17) is 11.6 Å². The first-order valence-electron chi connectivity index (χ1n) is 5.08. The van der Waals surface area contributed by atoms with Crippen LogP contribution in [0, 0.1) is 0 Å². The van der Waals surface area contributed by atoms with Crippen molar-refractivity contribution in [2.45, 2.75) is 12.5 Å². The molecule has 0 aliphatic carbocycles. The van der Waals surface area contributed by atoms with Crippen molar-refractivity contribution < 1.29 is 5.11 Å². The van der Waals surface area contributed by atoms with Gasteiger partial charge in [0.25, 0.3) is 0 Å². The van der Waals surface area contributed by atoms with E-state index in [0.29, 0.717) is 11.0 Å². The number of anilines is 1. The summed E-state index contributed by atoms with van der Waals surface area (Å²) in [6.07, 6.45) is 0. The summed E-state index contributed by atoms with van der Waals surface area (Å²) in [5.74, 6) is 0.497. The molecule has 0 amide bonds. The first-order valence-corrected chi connectivity index (χ1v) is 6.19. The van der Waals surface area contributed by atoms with Gasteiger partial charge in [-0.1, -0.05) is 41.9 Å². The van der Waals surface area contributed by atoms with E-state index in [2.05, 4.69) is 14.1 Å². The Morgan fingerprint density at radius 1 is 1.35 bits per heavy atom. The SMILES string of the molecule is CC(CO)(Nc1nsnc1Cl)c1ccccc1. The number of rotatable bonds is 4. The van der Waals surface area contributed by atoms with Crippen molar-refractivity contribution in [3.05, 3.63) is 41.0 Å². The maximum atomic E-state index is 9.58. The van der Waals surface area contributed by atoms with Crippen LogP contribution in [0.25, 0.3) is 0 Å². The standard InChI is InChI=1S/C11H12ClN3OS/c1-11(7-16,8-5-3-2-4-6-8)13-10-9(12)14-17-15-10/h2-6,16H,7H2,1H3,(H,13,15). The molecule has 0 spiro atoms. The van der Waals surface area contributed by atoms with Crippen molar-refractivity contribution in [2.24, 2.45) is 0 Å². The average Bonchev–Trinajstić information content (AvgIpc) is 2.76. The zero-order valence-corrected chi connectivity index (χ0v) is 10.8. The summed E-state index contributed by atoms with van der Waals surface area (Å²) in [4.78, 5) is 0. The van der Waals surface area contributed by atoms with Gasteiger partial charge >= 0.3 is 0 Å². The fourth-order valence-corrected chi connectivity index (χ4v) is 2.17. The molecule has 0 aliphatic heterocycles. The molecule has 4 nitrogen and oxygen atoms in total. The lowest BCUT2D eigenvalue weighted by Crippen LogP contribution is -2.36. The van der Waals surface area contributed by atoms with Crippen LogP contribution in [0.1, 0.15) is 12.5 Å². The van der Waals surface area contributed by atoms with Gasteiger partial charge in [0.1, 0.15) is 0 Å². The van der Waals surface area contributed by atoms with Crippen molar-refractivity contribution in [3.63, 3.8) is 0 Å². The van der Waals surface area contributed by atoms with Gasteiger partial charge in [-0.2, -0.15) is 8.75 Å². The number of hydrogen-bond donors (Lipinski definition) is 2. The second-order valence-electron chi connectivity index (χ2n) is 3.88. The molecule has 2 aromatic rings. The predicted octanol–water partition coefficient (Wildman–Crippen LogP) is 2.51. The van der Waals surface area contributed by atoms with E-state index >= 15 is 0 Å². The van der Waals surface area contributed by atoms with Gasteiger partial charge in [0.05, 0.1) is 23.9 Å². The third kappa shape index (κ3) is 2.57. The number of nitrogens with zero attached hydrogens (tertiary/aromatic N) is 2. The molecule has 1 heterocycles. The molecule has 0 fully saturated rings. The average molecular weight is 270 g/mol. The van der Waals surface area contributed by atoms with Crippen LogP contribution in [0.4, 0.5) is 5.82 Å².